The minimum atomic E-state index is -0.299. The smallest absolute Gasteiger partial charge is 0.290 e. The van der Waals surface area contributed by atoms with E-state index < -0.39 is 0 Å². The first kappa shape index (κ1) is 18.7. The first-order valence-corrected chi connectivity index (χ1v) is 7.70. The Hall–Kier alpha value is -3.68. The van der Waals surface area contributed by atoms with E-state index in [1.807, 2.05) is 37.3 Å². The molecule has 0 saturated carbocycles. The van der Waals surface area contributed by atoms with Gasteiger partial charge in [0.15, 0.2) is 5.82 Å². The Kier molecular flexibility index (Phi) is 6.44. The summed E-state index contributed by atoms with van der Waals surface area (Å²) < 4.78 is 1.34. The van der Waals surface area contributed by atoms with Crippen LogP contribution in [0.3, 0.4) is 0 Å². The third kappa shape index (κ3) is 4.67. The topological polar surface area (TPSA) is 117 Å². The van der Waals surface area contributed by atoms with Gasteiger partial charge in [-0.05, 0) is 18.6 Å². The maximum atomic E-state index is 12.1. The Balaban J connectivity index is 0.000000758. The zero-order chi connectivity index (χ0) is 18.9. The number of carbonyl (C=O) groups excluding carboxylic acids is 1. The van der Waals surface area contributed by atoms with E-state index >= 15 is 0 Å². The largest absolute Gasteiger partial charge is 0.483 e. The van der Waals surface area contributed by atoms with E-state index in [4.69, 9.17) is 9.90 Å². The first-order valence-electron chi connectivity index (χ1n) is 7.70. The van der Waals surface area contributed by atoms with E-state index in [0.717, 1.165) is 16.8 Å². The van der Waals surface area contributed by atoms with Crippen LogP contribution in [0.15, 0.2) is 59.5 Å². The lowest BCUT2D eigenvalue weighted by molar-refractivity contribution is -0.123. The molecule has 0 spiro atoms. The summed E-state index contributed by atoms with van der Waals surface area (Å²) in [5, 5.41) is 16.7. The Morgan fingerprint density at radius 3 is 2.54 bits per heavy atom. The van der Waals surface area contributed by atoms with E-state index in [2.05, 4.69) is 15.5 Å². The molecule has 3 rings (SSSR count). The van der Waals surface area contributed by atoms with Gasteiger partial charge in [0.2, 0.25) is 5.91 Å². The molecule has 0 aliphatic heterocycles. The summed E-state index contributed by atoms with van der Waals surface area (Å²) >= 11 is 0. The van der Waals surface area contributed by atoms with Gasteiger partial charge in [-0.2, -0.15) is 5.10 Å². The number of benzene rings is 1. The van der Waals surface area contributed by atoms with Gasteiger partial charge < -0.3 is 15.0 Å². The van der Waals surface area contributed by atoms with Crippen molar-refractivity contribution in [1.82, 2.24) is 14.8 Å². The highest BCUT2D eigenvalue weighted by molar-refractivity contribution is 5.91. The fraction of sp³-hybridized carbons (Fsp3) is 0.111. The van der Waals surface area contributed by atoms with Crippen LogP contribution >= 0.6 is 0 Å². The highest BCUT2D eigenvalue weighted by Gasteiger charge is 2.13. The summed E-state index contributed by atoms with van der Waals surface area (Å²) in [7, 11) is 0. The molecule has 1 aromatic carbocycles. The predicted molar refractivity (Wildman–Crippen MR) is 96.8 cm³/mol. The van der Waals surface area contributed by atoms with Crippen molar-refractivity contribution in [3.8, 4) is 11.3 Å². The number of nitrogens with zero attached hydrogens (tertiary/aromatic N) is 2. The van der Waals surface area contributed by atoms with Crippen LogP contribution in [0, 0.1) is 6.92 Å². The van der Waals surface area contributed by atoms with Crippen LogP contribution in [0.4, 0.5) is 5.82 Å². The fourth-order valence-corrected chi connectivity index (χ4v) is 2.32. The normalized spacial score (nSPS) is 9.73. The van der Waals surface area contributed by atoms with E-state index in [1.165, 1.54) is 10.6 Å². The van der Waals surface area contributed by atoms with Gasteiger partial charge in [-0.25, -0.2) is 0 Å². The summed E-state index contributed by atoms with van der Waals surface area (Å²) in [4.78, 5) is 32.1. The van der Waals surface area contributed by atoms with Gasteiger partial charge in [-0.15, -0.1) is 0 Å². The van der Waals surface area contributed by atoms with Crippen LogP contribution < -0.4 is 10.9 Å². The second kappa shape index (κ2) is 8.97. The number of pyridine rings is 1. The zero-order valence-corrected chi connectivity index (χ0v) is 14.0. The second-order valence-corrected chi connectivity index (χ2v) is 5.26. The lowest BCUT2D eigenvalue weighted by atomic mass is 10.1. The standard InChI is InChI=1S/C17H16N4O2.CH2O2/c1-12-16(13-7-3-2-4-8-13)19-20-17(12)18-14(22)11-21-10-6-5-9-15(21)23;2-1-3/h2-10H,11H2,1H3,(H2,18,19,20,22);1H,(H,2,3). The highest BCUT2D eigenvalue weighted by atomic mass is 16.3. The molecule has 0 radical (unpaired) electrons. The molecule has 0 aliphatic carbocycles. The molecule has 0 unspecified atom stereocenters. The van der Waals surface area contributed by atoms with Gasteiger partial charge in [0.05, 0.1) is 5.69 Å². The van der Waals surface area contributed by atoms with Gasteiger partial charge in [0.25, 0.3) is 12.0 Å². The van der Waals surface area contributed by atoms with Crippen molar-refractivity contribution in [2.75, 3.05) is 5.32 Å². The number of carboxylic acid groups (broad SMARTS) is 1. The van der Waals surface area contributed by atoms with E-state index in [0.29, 0.717) is 5.82 Å². The van der Waals surface area contributed by atoms with Crippen LogP contribution in [0.25, 0.3) is 11.3 Å². The predicted octanol–water partition coefficient (Wildman–Crippen LogP) is 1.89. The maximum Gasteiger partial charge on any atom is 0.290 e. The van der Waals surface area contributed by atoms with E-state index in [9.17, 15) is 9.59 Å². The van der Waals surface area contributed by atoms with Crippen molar-refractivity contribution >= 4 is 18.2 Å². The zero-order valence-electron chi connectivity index (χ0n) is 14.0. The number of nitrogens with one attached hydrogen (secondary N) is 2. The van der Waals surface area contributed by atoms with E-state index in [-0.39, 0.29) is 24.5 Å². The quantitative estimate of drug-likeness (QED) is 0.619. The summed E-state index contributed by atoms with van der Waals surface area (Å²) in [6.07, 6.45) is 1.58. The second-order valence-electron chi connectivity index (χ2n) is 5.26. The summed E-state index contributed by atoms with van der Waals surface area (Å²) in [5.74, 6) is 0.172. The molecule has 1 amide bonds. The Morgan fingerprint density at radius 1 is 1.23 bits per heavy atom. The Morgan fingerprint density at radius 2 is 1.88 bits per heavy atom. The van der Waals surface area contributed by atoms with Gasteiger partial charge in [-0.3, -0.25) is 19.5 Å². The van der Waals surface area contributed by atoms with Crippen molar-refractivity contribution in [2.24, 2.45) is 0 Å². The number of rotatable bonds is 4. The van der Waals surface area contributed by atoms with Crippen LogP contribution in [0.5, 0.6) is 0 Å². The number of aromatic nitrogens is 3. The third-order valence-corrected chi connectivity index (χ3v) is 3.54. The van der Waals surface area contributed by atoms with Gasteiger partial charge in [0, 0.05) is 17.8 Å². The first-order chi connectivity index (χ1) is 12.6. The third-order valence-electron chi connectivity index (χ3n) is 3.54. The lowest BCUT2D eigenvalue weighted by Gasteiger charge is -2.06. The molecule has 8 heteroatoms. The van der Waals surface area contributed by atoms with Crippen molar-refractivity contribution in [2.45, 2.75) is 13.5 Å². The maximum absolute atomic E-state index is 12.1. The van der Waals surface area contributed by atoms with Crippen molar-refractivity contribution < 1.29 is 14.7 Å². The van der Waals surface area contributed by atoms with Crippen molar-refractivity contribution in [3.63, 3.8) is 0 Å². The lowest BCUT2D eigenvalue weighted by Crippen LogP contribution is -2.26. The number of amides is 1. The van der Waals surface area contributed by atoms with Crippen molar-refractivity contribution in [1.29, 1.82) is 0 Å². The SMILES string of the molecule is Cc1c(NC(=O)Cn2ccccc2=O)n[nH]c1-c1ccccc1.O=CO. The average Bonchev–Trinajstić information content (AvgIpc) is 2.99. The minimum Gasteiger partial charge on any atom is -0.483 e. The monoisotopic (exact) mass is 354 g/mol. The molecule has 134 valence electrons. The van der Waals surface area contributed by atoms with Crippen LogP contribution in [-0.4, -0.2) is 32.3 Å². The minimum absolute atomic E-state index is 0.0490. The van der Waals surface area contributed by atoms with Crippen LogP contribution in [-0.2, 0) is 16.1 Å². The number of hydrogen-bond donors (Lipinski definition) is 3. The van der Waals surface area contributed by atoms with Crippen molar-refractivity contribution in [3.05, 3.63) is 70.6 Å². The number of H-pyrrole nitrogens is 1. The van der Waals surface area contributed by atoms with Gasteiger partial charge >= 0.3 is 0 Å². The molecule has 0 saturated heterocycles. The molecule has 0 fully saturated rings. The molecule has 0 bridgehead atoms. The summed E-state index contributed by atoms with van der Waals surface area (Å²) in [6, 6.07) is 14.5. The summed E-state index contributed by atoms with van der Waals surface area (Å²) in [6.45, 7) is 1.59. The molecule has 26 heavy (non-hydrogen) atoms. The highest BCUT2D eigenvalue weighted by Crippen LogP contribution is 2.25. The van der Waals surface area contributed by atoms with E-state index in [1.54, 1.807) is 18.3 Å². The molecule has 8 nitrogen and oxygen atoms in total. The average molecular weight is 354 g/mol. The molecule has 0 atom stereocenters. The molecule has 2 aromatic heterocycles. The fourth-order valence-electron chi connectivity index (χ4n) is 2.32. The van der Waals surface area contributed by atoms with Gasteiger partial charge in [0.1, 0.15) is 6.54 Å². The van der Waals surface area contributed by atoms with Crippen LogP contribution in [0.2, 0.25) is 0 Å². The molecule has 0 aliphatic rings. The Bertz CT molecular complexity index is 932. The summed E-state index contributed by atoms with van der Waals surface area (Å²) in [5.41, 5.74) is 2.49. The molecule has 3 aromatic rings. The molecular formula is C18H18N4O4. The molecule has 3 N–H and O–H groups in total. The van der Waals surface area contributed by atoms with Gasteiger partial charge in [-0.1, -0.05) is 36.4 Å². The number of aromatic amines is 1. The Labute approximate surface area is 149 Å². The number of hydrogen-bond acceptors (Lipinski definition) is 4. The number of anilines is 1. The number of carbonyl (C=O) groups is 2. The van der Waals surface area contributed by atoms with Crippen LogP contribution in [0.1, 0.15) is 5.56 Å². The molecule has 2 heterocycles. The molecular weight excluding hydrogens is 336 g/mol.